The first-order chi connectivity index (χ1) is 8.18. The second-order valence-corrected chi connectivity index (χ2v) is 5.64. The lowest BCUT2D eigenvalue weighted by Gasteiger charge is -2.12. The van der Waals surface area contributed by atoms with Gasteiger partial charge >= 0.3 is 0 Å². The second kappa shape index (κ2) is 8.54. The Morgan fingerprint density at radius 1 is 1.18 bits per heavy atom. The minimum absolute atomic E-state index is 0.270. The topological polar surface area (TPSA) is 12.0 Å². The highest BCUT2D eigenvalue weighted by Gasteiger charge is 2.05. The zero-order valence-corrected chi connectivity index (χ0v) is 11.7. The van der Waals surface area contributed by atoms with Crippen molar-refractivity contribution in [3.63, 3.8) is 0 Å². The van der Waals surface area contributed by atoms with Crippen molar-refractivity contribution in [2.75, 3.05) is 13.1 Å². The van der Waals surface area contributed by atoms with Crippen molar-refractivity contribution >= 4 is 11.6 Å². The van der Waals surface area contributed by atoms with Gasteiger partial charge in [-0.2, -0.15) is 0 Å². The molecule has 0 radical (unpaired) electrons. The van der Waals surface area contributed by atoms with Gasteiger partial charge in [-0.25, -0.2) is 0 Å². The first-order valence-corrected chi connectivity index (χ1v) is 7.01. The van der Waals surface area contributed by atoms with Crippen LogP contribution in [0.25, 0.3) is 0 Å². The Balaban J connectivity index is 2.01. The van der Waals surface area contributed by atoms with Crippen molar-refractivity contribution in [3.05, 3.63) is 35.9 Å². The van der Waals surface area contributed by atoms with Gasteiger partial charge in [-0.1, -0.05) is 44.2 Å². The van der Waals surface area contributed by atoms with E-state index in [1.807, 2.05) is 0 Å². The first-order valence-electron chi connectivity index (χ1n) is 6.57. The van der Waals surface area contributed by atoms with Gasteiger partial charge in [0.05, 0.1) is 0 Å². The van der Waals surface area contributed by atoms with Crippen LogP contribution in [0.3, 0.4) is 0 Å². The first kappa shape index (κ1) is 14.5. The van der Waals surface area contributed by atoms with Crippen molar-refractivity contribution in [3.8, 4) is 0 Å². The SMILES string of the molecule is CC(C)CC(Cl)CNCCCc1ccccc1. The van der Waals surface area contributed by atoms with E-state index in [0.29, 0.717) is 5.92 Å². The Morgan fingerprint density at radius 3 is 2.53 bits per heavy atom. The molecule has 96 valence electrons. The summed E-state index contributed by atoms with van der Waals surface area (Å²) < 4.78 is 0. The number of nitrogens with one attached hydrogen (secondary N) is 1. The van der Waals surface area contributed by atoms with Gasteiger partial charge in [0.2, 0.25) is 0 Å². The number of alkyl halides is 1. The summed E-state index contributed by atoms with van der Waals surface area (Å²) in [6.45, 7) is 6.40. The largest absolute Gasteiger partial charge is 0.315 e. The minimum Gasteiger partial charge on any atom is -0.315 e. The Bertz CT molecular complexity index is 284. The lowest BCUT2D eigenvalue weighted by atomic mass is 10.1. The molecule has 2 heteroatoms. The fourth-order valence-corrected chi connectivity index (χ4v) is 2.38. The van der Waals surface area contributed by atoms with Crippen LogP contribution in [0, 0.1) is 5.92 Å². The van der Waals surface area contributed by atoms with Crippen LogP contribution in [-0.2, 0) is 6.42 Å². The Hall–Kier alpha value is -0.530. The highest BCUT2D eigenvalue weighted by atomic mass is 35.5. The second-order valence-electron chi connectivity index (χ2n) is 5.02. The summed E-state index contributed by atoms with van der Waals surface area (Å²) in [5.74, 6) is 0.684. The monoisotopic (exact) mass is 253 g/mol. The molecule has 1 aromatic rings. The highest BCUT2D eigenvalue weighted by molar-refractivity contribution is 6.20. The normalized spacial score (nSPS) is 12.9. The van der Waals surface area contributed by atoms with Crippen molar-refractivity contribution in [1.29, 1.82) is 0 Å². The van der Waals surface area contributed by atoms with Gasteiger partial charge in [-0.3, -0.25) is 0 Å². The Labute approximate surface area is 111 Å². The number of rotatable bonds is 8. The van der Waals surface area contributed by atoms with Gasteiger partial charge in [0.15, 0.2) is 0 Å². The van der Waals surface area contributed by atoms with E-state index in [1.165, 1.54) is 12.0 Å². The van der Waals surface area contributed by atoms with E-state index in [0.717, 1.165) is 25.9 Å². The fourth-order valence-electron chi connectivity index (χ4n) is 1.92. The van der Waals surface area contributed by atoms with Crippen LogP contribution in [0.2, 0.25) is 0 Å². The van der Waals surface area contributed by atoms with Crippen LogP contribution in [0.1, 0.15) is 32.3 Å². The highest BCUT2D eigenvalue weighted by Crippen LogP contribution is 2.09. The number of halogens is 1. The van der Waals surface area contributed by atoms with Crippen molar-refractivity contribution in [2.24, 2.45) is 5.92 Å². The molecule has 1 aromatic carbocycles. The molecule has 1 nitrogen and oxygen atoms in total. The summed E-state index contributed by atoms with van der Waals surface area (Å²) in [6, 6.07) is 10.6. The van der Waals surface area contributed by atoms with E-state index < -0.39 is 0 Å². The molecule has 1 rings (SSSR count). The van der Waals surface area contributed by atoms with Crippen molar-refractivity contribution in [1.82, 2.24) is 5.32 Å². The summed E-state index contributed by atoms with van der Waals surface area (Å²) in [5, 5.41) is 3.70. The number of hydrogen-bond donors (Lipinski definition) is 1. The zero-order chi connectivity index (χ0) is 12.5. The molecule has 0 fully saturated rings. The molecule has 0 bridgehead atoms. The molecule has 1 atom stereocenters. The molecule has 0 aliphatic rings. The van der Waals surface area contributed by atoms with Gasteiger partial charge in [-0.05, 0) is 37.3 Å². The average molecular weight is 254 g/mol. The lowest BCUT2D eigenvalue weighted by Crippen LogP contribution is -2.25. The van der Waals surface area contributed by atoms with Crippen LogP contribution in [-0.4, -0.2) is 18.5 Å². The van der Waals surface area contributed by atoms with Crippen molar-refractivity contribution in [2.45, 2.75) is 38.5 Å². The quantitative estimate of drug-likeness (QED) is 0.548. The third-order valence-corrected chi connectivity index (χ3v) is 3.09. The summed E-state index contributed by atoms with van der Waals surface area (Å²) in [4.78, 5) is 0. The van der Waals surface area contributed by atoms with Gasteiger partial charge in [0.25, 0.3) is 0 Å². The van der Waals surface area contributed by atoms with E-state index in [2.05, 4.69) is 49.5 Å². The number of benzene rings is 1. The predicted molar refractivity (Wildman–Crippen MR) is 76.7 cm³/mol. The summed E-state index contributed by atoms with van der Waals surface area (Å²) in [7, 11) is 0. The van der Waals surface area contributed by atoms with Gasteiger partial charge < -0.3 is 5.32 Å². The molecular weight excluding hydrogens is 230 g/mol. The van der Waals surface area contributed by atoms with Crippen LogP contribution < -0.4 is 5.32 Å². The van der Waals surface area contributed by atoms with Gasteiger partial charge in [0, 0.05) is 11.9 Å². The van der Waals surface area contributed by atoms with E-state index in [-0.39, 0.29) is 5.38 Å². The average Bonchev–Trinajstić information content (AvgIpc) is 2.29. The summed E-state index contributed by atoms with van der Waals surface area (Å²) in [6.07, 6.45) is 3.41. The zero-order valence-electron chi connectivity index (χ0n) is 11.0. The third kappa shape index (κ3) is 7.40. The molecular formula is C15H24ClN. The van der Waals surface area contributed by atoms with Crippen LogP contribution in [0.5, 0.6) is 0 Å². The molecule has 0 spiro atoms. The molecule has 0 aromatic heterocycles. The molecule has 0 saturated carbocycles. The maximum atomic E-state index is 6.21. The molecule has 0 heterocycles. The Kier molecular flexibility index (Phi) is 7.30. The minimum atomic E-state index is 0.270. The fraction of sp³-hybridized carbons (Fsp3) is 0.600. The van der Waals surface area contributed by atoms with E-state index in [9.17, 15) is 0 Å². The number of aryl methyl sites for hydroxylation is 1. The predicted octanol–water partition coefficient (Wildman–Crippen LogP) is 3.86. The molecule has 0 aliphatic heterocycles. The van der Waals surface area contributed by atoms with Crippen LogP contribution >= 0.6 is 11.6 Å². The molecule has 0 aliphatic carbocycles. The maximum absolute atomic E-state index is 6.21. The van der Waals surface area contributed by atoms with E-state index >= 15 is 0 Å². The van der Waals surface area contributed by atoms with Crippen LogP contribution in [0.4, 0.5) is 0 Å². The molecule has 1 unspecified atom stereocenters. The van der Waals surface area contributed by atoms with Crippen molar-refractivity contribution < 1.29 is 0 Å². The van der Waals surface area contributed by atoms with Gasteiger partial charge in [-0.15, -0.1) is 11.6 Å². The van der Waals surface area contributed by atoms with Gasteiger partial charge in [0.1, 0.15) is 0 Å². The lowest BCUT2D eigenvalue weighted by molar-refractivity contribution is 0.530. The standard InChI is InChI=1S/C15H24ClN/c1-13(2)11-15(16)12-17-10-6-9-14-7-4-3-5-8-14/h3-5,7-8,13,15,17H,6,9-12H2,1-2H3. The number of hydrogen-bond acceptors (Lipinski definition) is 1. The molecule has 1 N–H and O–H groups in total. The summed E-state index contributed by atoms with van der Waals surface area (Å²) in [5.41, 5.74) is 1.42. The smallest absolute Gasteiger partial charge is 0.0463 e. The molecule has 0 amide bonds. The van der Waals surface area contributed by atoms with E-state index in [4.69, 9.17) is 11.6 Å². The third-order valence-electron chi connectivity index (χ3n) is 2.75. The Morgan fingerprint density at radius 2 is 1.88 bits per heavy atom. The summed E-state index contributed by atoms with van der Waals surface area (Å²) >= 11 is 6.21. The molecule has 0 saturated heterocycles. The van der Waals surface area contributed by atoms with Crippen LogP contribution in [0.15, 0.2) is 30.3 Å². The maximum Gasteiger partial charge on any atom is 0.0463 e. The molecule has 17 heavy (non-hydrogen) atoms. The van der Waals surface area contributed by atoms with E-state index in [1.54, 1.807) is 0 Å².